The number of phenols is 2. The van der Waals surface area contributed by atoms with Gasteiger partial charge in [-0.2, -0.15) is 0 Å². The fourth-order valence-electron chi connectivity index (χ4n) is 3.96. The van der Waals surface area contributed by atoms with Gasteiger partial charge in [0.1, 0.15) is 29.6 Å². The van der Waals surface area contributed by atoms with Gasteiger partial charge in [0.15, 0.2) is 0 Å². The molecule has 11 N–H and O–H groups in total. The Kier molecular flexibility index (Phi) is 12.9. The average Bonchev–Trinajstić information content (AvgIpc) is 2.94. The summed E-state index contributed by atoms with van der Waals surface area (Å²) in [4.78, 5) is 73.4. The Hall–Kier alpha value is -5.18. The summed E-state index contributed by atoms with van der Waals surface area (Å²) in [6.07, 6.45) is -1.67. The van der Waals surface area contributed by atoms with Gasteiger partial charge in [0.05, 0.1) is 6.04 Å². The first kappa shape index (κ1) is 34.0. The second-order valence-electron chi connectivity index (χ2n) is 9.81. The van der Waals surface area contributed by atoms with Gasteiger partial charge in [0.2, 0.25) is 23.6 Å². The van der Waals surface area contributed by atoms with Crippen molar-refractivity contribution in [3.8, 4) is 11.5 Å². The number of carbonyl (C=O) groups is 6. The number of nitrogens with two attached hydrogens (primary N) is 2. The van der Waals surface area contributed by atoms with Crippen molar-refractivity contribution in [1.82, 2.24) is 16.0 Å². The average molecular weight is 602 g/mol. The number of hydrogen-bond acceptors (Lipinski definition) is 9. The van der Waals surface area contributed by atoms with Gasteiger partial charge < -0.3 is 47.8 Å². The highest BCUT2D eigenvalue weighted by atomic mass is 16.4. The van der Waals surface area contributed by atoms with Crippen molar-refractivity contribution < 1.29 is 49.2 Å². The number of nitrogens with one attached hydrogen (secondary N) is 3. The topological polar surface area (TPSA) is 271 Å². The monoisotopic (exact) mass is 601 g/mol. The van der Waals surface area contributed by atoms with Crippen molar-refractivity contribution in [1.29, 1.82) is 0 Å². The standard InChI is InChI=1S/C28H35N5O10/c29-19(13-15-1-5-17(34)6-2-15)25(39)31-20(10-12-24(37)38)26(40)33-22(14-16-3-7-18(35)8-4-16)27(41)32-21(28(42)43)9-11-23(30)36/h1-8,19-22,34-35H,9-14,29H2,(H2,30,36)(H,31,39)(H,32,41)(H,33,40)(H,37,38)(H,42,43). The fourth-order valence-corrected chi connectivity index (χ4v) is 3.96. The van der Waals surface area contributed by atoms with Crippen LogP contribution >= 0.6 is 0 Å². The third-order valence-electron chi connectivity index (χ3n) is 6.31. The van der Waals surface area contributed by atoms with Crippen LogP contribution in [0.2, 0.25) is 0 Å². The molecule has 4 atom stereocenters. The van der Waals surface area contributed by atoms with E-state index in [9.17, 15) is 49.2 Å². The predicted octanol–water partition coefficient (Wildman–Crippen LogP) is -1.12. The normalized spacial score (nSPS) is 13.5. The lowest BCUT2D eigenvalue weighted by Crippen LogP contribution is -2.57. The van der Waals surface area contributed by atoms with Crippen molar-refractivity contribution in [2.45, 2.75) is 62.7 Å². The van der Waals surface area contributed by atoms with Crippen molar-refractivity contribution in [2.24, 2.45) is 11.5 Å². The minimum atomic E-state index is -1.51. The van der Waals surface area contributed by atoms with E-state index in [1.54, 1.807) is 12.1 Å². The summed E-state index contributed by atoms with van der Waals surface area (Å²) in [6.45, 7) is 0. The van der Waals surface area contributed by atoms with Gasteiger partial charge in [0, 0.05) is 19.3 Å². The Bertz CT molecular complexity index is 1300. The summed E-state index contributed by atoms with van der Waals surface area (Å²) < 4.78 is 0. The number of phenolic OH excluding ortho intramolecular Hbond substituents is 2. The molecule has 15 heteroatoms. The molecule has 4 unspecified atom stereocenters. The van der Waals surface area contributed by atoms with Gasteiger partial charge in [0.25, 0.3) is 0 Å². The van der Waals surface area contributed by atoms with Gasteiger partial charge in [-0.15, -0.1) is 0 Å². The zero-order chi connectivity index (χ0) is 32.1. The van der Waals surface area contributed by atoms with E-state index in [1.807, 2.05) is 0 Å². The van der Waals surface area contributed by atoms with Crippen LogP contribution < -0.4 is 27.4 Å². The molecule has 0 bridgehead atoms. The van der Waals surface area contributed by atoms with Crippen LogP contribution in [0, 0.1) is 0 Å². The number of rotatable bonds is 17. The molecule has 43 heavy (non-hydrogen) atoms. The molecule has 0 aliphatic rings. The molecule has 0 heterocycles. The highest BCUT2D eigenvalue weighted by molar-refractivity contribution is 5.94. The Morgan fingerprint density at radius 2 is 1.07 bits per heavy atom. The van der Waals surface area contributed by atoms with E-state index < -0.39 is 66.2 Å². The third-order valence-corrected chi connectivity index (χ3v) is 6.31. The molecule has 232 valence electrons. The zero-order valence-corrected chi connectivity index (χ0v) is 23.1. The Morgan fingerprint density at radius 1 is 0.628 bits per heavy atom. The number of carbonyl (C=O) groups excluding carboxylic acids is 4. The molecule has 0 fully saturated rings. The molecule has 0 aliphatic carbocycles. The largest absolute Gasteiger partial charge is 0.508 e. The Balaban J connectivity index is 2.25. The van der Waals surface area contributed by atoms with Crippen molar-refractivity contribution >= 4 is 35.6 Å². The van der Waals surface area contributed by atoms with Crippen LogP contribution in [0.5, 0.6) is 11.5 Å². The molecule has 0 saturated carbocycles. The SMILES string of the molecule is NC(=O)CCC(NC(=O)C(Cc1ccc(O)cc1)NC(=O)C(CCC(=O)O)NC(=O)C(N)Cc1ccc(O)cc1)C(=O)O. The number of aromatic hydroxyl groups is 2. The number of benzene rings is 2. The number of aliphatic carboxylic acids is 2. The zero-order valence-electron chi connectivity index (χ0n) is 23.1. The van der Waals surface area contributed by atoms with Gasteiger partial charge >= 0.3 is 11.9 Å². The first-order valence-corrected chi connectivity index (χ1v) is 13.2. The van der Waals surface area contributed by atoms with Gasteiger partial charge in [-0.3, -0.25) is 24.0 Å². The first-order valence-electron chi connectivity index (χ1n) is 13.2. The number of amides is 4. The van der Waals surface area contributed by atoms with Crippen LogP contribution in [0.1, 0.15) is 36.8 Å². The summed E-state index contributed by atoms with van der Waals surface area (Å²) in [5.74, 6) is -6.19. The van der Waals surface area contributed by atoms with E-state index in [4.69, 9.17) is 11.5 Å². The van der Waals surface area contributed by atoms with Crippen LogP contribution in [0.4, 0.5) is 0 Å². The highest BCUT2D eigenvalue weighted by Gasteiger charge is 2.31. The van der Waals surface area contributed by atoms with Crippen LogP contribution in [-0.2, 0) is 41.6 Å². The van der Waals surface area contributed by atoms with Crippen LogP contribution in [-0.4, -0.2) is 80.2 Å². The smallest absolute Gasteiger partial charge is 0.326 e. The van der Waals surface area contributed by atoms with Crippen LogP contribution in [0.3, 0.4) is 0 Å². The molecule has 0 aliphatic heterocycles. The third kappa shape index (κ3) is 12.1. The van der Waals surface area contributed by atoms with E-state index >= 15 is 0 Å². The summed E-state index contributed by atoms with van der Waals surface area (Å²) >= 11 is 0. The lowest BCUT2D eigenvalue weighted by molar-refractivity contribution is -0.142. The minimum absolute atomic E-state index is 0.0145. The molecular weight excluding hydrogens is 566 g/mol. The molecule has 2 aromatic carbocycles. The maximum Gasteiger partial charge on any atom is 0.326 e. The quantitative estimate of drug-likeness (QED) is 0.105. The maximum absolute atomic E-state index is 13.3. The number of carboxylic acids is 2. The minimum Gasteiger partial charge on any atom is -0.508 e. The van der Waals surface area contributed by atoms with Crippen LogP contribution in [0.15, 0.2) is 48.5 Å². The fraction of sp³-hybridized carbons (Fsp3) is 0.357. The Morgan fingerprint density at radius 3 is 1.56 bits per heavy atom. The molecule has 2 aromatic rings. The van der Waals surface area contributed by atoms with E-state index in [2.05, 4.69) is 16.0 Å². The predicted molar refractivity (Wildman–Crippen MR) is 150 cm³/mol. The molecule has 0 radical (unpaired) electrons. The van der Waals surface area contributed by atoms with Gasteiger partial charge in [-0.05, 0) is 54.7 Å². The van der Waals surface area contributed by atoms with Gasteiger partial charge in [-0.1, -0.05) is 24.3 Å². The Labute approximate surface area is 246 Å². The van der Waals surface area contributed by atoms with Crippen molar-refractivity contribution in [3.63, 3.8) is 0 Å². The summed E-state index contributed by atoms with van der Waals surface area (Å²) in [7, 11) is 0. The summed E-state index contributed by atoms with van der Waals surface area (Å²) in [6, 6.07) is 6.02. The first-order chi connectivity index (χ1) is 20.2. The second-order valence-corrected chi connectivity index (χ2v) is 9.81. The van der Waals surface area contributed by atoms with E-state index in [1.165, 1.54) is 36.4 Å². The van der Waals surface area contributed by atoms with Crippen molar-refractivity contribution in [3.05, 3.63) is 59.7 Å². The number of hydrogen-bond donors (Lipinski definition) is 9. The molecule has 4 amide bonds. The maximum atomic E-state index is 13.3. The molecule has 15 nitrogen and oxygen atoms in total. The van der Waals surface area contributed by atoms with E-state index in [0.717, 1.165) is 0 Å². The number of carboxylic acid groups (broad SMARTS) is 2. The molecule has 0 saturated heterocycles. The lowest BCUT2D eigenvalue weighted by Gasteiger charge is -2.25. The van der Waals surface area contributed by atoms with E-state index in [-0.39, 0.29) is 43.6 Å². The van der Waals surface area contributed by atoms with E-state index in [0.29, 0.717) is 11.1 Å². The molecular formula is C28H35N5O10. The van der Waals surface area contributed by atoms with Crippen molar-refractivity contribution in [2.75, 3.05) is 0 Å². The summed E-state index contributed by atoms with van der Waals surface area (Å²) in [5, 5.41) is 44.8. The molecule has 2 rings (SSSR count). The van der Waals surface area contributed by atoms with Crippen LogP contribution in [0.25, 0.3) is 0 Å². The van der Waals surface area contributed by atoms with Gasteiger partial charge in [-0.25, -0.2) is 4.79 Å². The molecule has 0 spiro atoms. The lowest BCUT2D eigenvalue weighted by atomic mass is 10.0. The molecule has 0 aromatic heterocycles. The second kappa shape index (κ2) is 16.3. The highest BCUT2D eigenvalue weighted by Crippen LogP contribution is 2.13. The number of primary amides is 1. The summed E-state index contributed by atoms with van der Waals surface area (Å²) in [5.41, 5.74) is 12.2.